The molecule has 0 saturated carbocycles. The number of hydrogen-bond acceptors (Lipinski definition) is 2. The minimum absolute atomic E-state index is 0.190. The van der Waals surface area contributed by atoms with Crippen molar-refractivity contribution in [3.63, 3.8) is 0 Å². The van der Waals surface area contributed by atoms with E-state index >= 15 is 0 Å². The number of nitrogen functional groups attached to an aromatic ring is 1. The third kappa shape index (κ3) is 5.50. The third-order valence-electron chi connectivity index (χ3n) is 3.01. The highest BCUT2D eigenvalue weighted by Gasteiger charge is 2.04. The lowest BCUT2D eigenvalue weighted by Gasteiger charge is -2.07. The first-order chi connectivity index (χ1) is 8.75. The first-order valence-corrected chi connectivity index (χ1v) is 6.86. The van der Waals surface area contributed by atoms with E-state index in [1.54, 1.807) is 18.2 Å². The van der Waals surface area contributed by atoms with Crippen LogP contribution in [-0.4, -0.2) is 6.61 Å². The summed E-state index contributed by atoms with van der Waals surface area (Å²) in [6, 6.07) is 5.03. The minimum atomic E-state index is -0.347. The Labute approximate surface area is 109 Å². The molecule has 0 aliphatic carbocycles. The maximum atomic E-state index is 13.5. The third-order valence-corrected chi connectivity index (χ3v) is 3.01. The zero-order valence-electron chi connectivity index (χ0n) is 11.3. The molecule has 0 saturated heterocycles. The largest absolute Gasteiger partial charge is 0.396 e. The molecular weight excluding hydrogens is 229 g/mol. The van der Waals surface area contributed by atoms with Crippen LogP contribution >= 0.6 is 0 Å². The number of nitrogens with two attached hydrogens (primary N) is 1. The van der Waals surface area contributed by atoms with Gasteiger partial charge in [0.1, 0.15) is 0 Å². The number of ether oxygens (including phenoxy) is 1. The first kappa shape index (κ1) is 15.0. The number of benzene rings is 1. The van der Waals surface area contributed by atoms with Gasteiger partial charge in [0, 0.05) is 12.2 Å². The molecule has 0 atom stereocenters. The fraction of sp³-hybridized carbons (Fsp3) is 0.600. The molecule has 0 aliphatic heterocycles. The van der Waals surface area contributed by atoms with Crippen molar-refractivity contribution in [2.24, 2.45) is 0 Å². The van der Waals surface area contributed by atoms with Crippen molar-refractivity contribution < 1.29 is 9.13 Å². The van der Waals surface area contributed by atoms with Gasteiger partial charge in [-0.15, -0.1) is 0 Å². The van der Waals surface area contributed by atoms with Gasteiger partial charge >= 0.3 is 0 Å². The van der Waals surface area contributed by atoms with Crippen LogP contribution in [0, 0.1) is 5.82 Å². The van der Waals surface area contributed by atoms with Crippen LogP contribution in [-0.2, 0) is 11.3 Å². The Bertz CT molecular complexity index is 341. The lowest BCUT2D eigenvalue weighted by Crippen LogP contribution is -2.00. The maximum Gasteiger partial charge on any atom is 0.151 e. The molecule has 2 nitrogen and oxygen atoms in total. The van der Waals surface area contributed by atoms with E-state index in [9.17, 15) is 4.39 Å². The predicted molar refractivity (Wildman–Crippen MR) is 73.8 cm³/mol. The van der Waals surface area contributed by atoms with Crippen molar-refractivity contribution in [2.75, 3.05) is 12.3 Å². The molecule has 0 radical (unpaired) electrons. The van der Waals surface area contributed by atoms with Crippen LogP contribution in [0.2, 0.25) is 0 Å². The highest BCUT2D eigenvalue weighted by atomic mass is 19.1. The van der Waals surface area contributed by atoms with Crippen LogP contribution in [0.15, 0.2) is 18.2 Å². The van der Waals surface area contributed by atoms with Crippen LogP contribution in [0.1, 0.15) is 51.0 Å². The molecule has 1 aromatic rings. The van der Waals surface area contributed by atoms with E-state index in [0.29, 0.717) is 18.8 Å². The molecule has 0 aromatic heterocycles. The zero-order valence-corrected chi connectivity index (χ0v) is 11.3. The summed E-state index contributed by atoms with van der Waals surface area (Å²) in [4.78, 5) is 0. The lowest BCUT2D eigenvalue weighted by molar-refractivity contribution is 0.114. The van der Waals surface area contributed by atoms with E-state index in [2.05, 4.69) is 6.92 Å². The predicted octanol–water partition coefficient (Wildman–Crippen LogP) is 4.29. The van der Waals surface area contributed by atoms with Gasteiger partial charge in [0.05, 0.1) is 12.3 Å². The summed E-state index contributed by atoms with van der Waals surface area (Å²) in [5, 5.41) is 0. The van der Waals surface area contributed by atoms with E-state index in [-0.39, 0.29) is 11.5 Å². The van der Waals surface area contributed by atoms with Crippen LogP contribution in [0.25, 0.3) is 0 Å². The molecule has 0 spiro atoms. The maximum absolute atomic E-state index is 13.5. The van der Waals surface area contributed by atoms with Crippen molar-refractivity contribution >= 4 is 5.69 Å². The van der Waals surface area contributed by atoms with E-state index in [1.165, 1.54) is 32.1 Å². The second-order valence-corrected chi connectivity index (χ2v) is 4.64. The zero-order chi connectivity index (χ0) is 13.2. The summed E-state index contributed by atoms with van der Waals surface area (Å²) in [5.74, 6) is -0.347. The van der Waals surface area contributed by atoms with E-state index in [0.717, 1.165) is 6.42 Å². The van der Waals surface area contributed by atoms with Gasteiger partial charge in [-0.1, -0.05) is 51.2 Å². The van der Waals surface area contributed by atoms with Gasteiger partial charge in [0.15, 0.2) is 5.82 Å². The Morgan fingerprint density at radius 1 is 1.11 bits per heavy atom. The van der Waals surface area contributed by atoms with E-state index < -0.39 is 0 Å². The van der Waals surface area contributed by atoms with Crippen LogP contribution < -0.4 is 5.73 Å². The Hall–Kier alpha value is -1.09. The Kier molecular flexibility index (Phi) is 7.42. The Morgan fingerprint density at radius 2 is 1.83 bits per heavy atom. The monoisotopic (exact) mass is 253 g/mol. The second kappa shape index (κ2) is 8.92. The summed E-state index contributed by atoms with van der Waals surface area (Å²) in [6.45, 7) is 3.22. The molecule has 18 heavy (non-hydrogen) atoms. The SMILES string of the molecule is CCCCCCCCOCc1cccc(N)c1F. The number of unbranched alkanes of at least 4 members (excludes halogenated alkanes) is 5. The van der Waals surface area contributed by atoms with Crippen LogP contribution in [0.5, 0.6) is 0 Å². The minimum Gasteiger partial charge on any atom is -0.396 e. The first-order valence-electron chi connectivity index (χ1n) is 6.86. The lowest BCUT2D eigenvalue weighted by atomic mass is 10.1. The second-order valence-electron chi connectivity index (χ2n) is 4.64. The molecule has 2 N–H and O–H groups in total. The van der Waals surface area contributed by atoms with Gasteiger partial charge in [0.2, 0.25) is 0 Å². The Balaban J connectivity index is 2.09. The molecule has 1 rings (SSSR count). The van der Waals surface area contributed by atoms with Crippen molar-refractivity contribution in [3.8, 4) is 0 Å². The smallest absolute Gasteiger partial charge is 0.151 e. The average Bonchev–Trinajstić information content (AvgIpc) is 2.37. The van der Waals surface area contributed by atoms with Gasteiger partial charge < -0.3 is 10.5 Å². The van der Waals surface area contributed by atoms with Crippen LogP contribution in [0.3, 0.4) is 0 Å². The van der Waals surface area contributed by atoms with Crippen molar-refractivity contribution in [3.05, 3.63) is 29.6 Å². The molecule has 0 aliphatic rings. The summed E-state index contributed by atoms with van der Waals surface area (Å²) in [5.41, 5.74) is 6.22. The quantitative estimate of drug-likeness (QED) is 0.526. The number of anilines is 1. The van der Waals surface area contributed by atoms with Crippen molar-refractivity contribution in [1.29, 1.82) is 0 Å². The normalized spacial score (nSPS) is 10.8. The molecular formula is C15H24FNO. The summed E-state index contributed by atoms with van der Waals surface area (Å²) in [7, 11) is 0. The van der Waals surface area contributed by atoms with Crippen molar-refractivity contribution in [2.45, 2.75) is 52.1 Å². The fourth-order valence-electron chi connectivity index (χ4n) is 1.88. The molecule has 1 aromatic carbocycles. The van der Waals surface area contributed by atoms with Gasteiger partial charge in [-0.25, -0.2) is 4.39 Å². The number of rotatable bonds is 9. The fourth-order valence-corrected chi connectivity index (χ4v) is 1.88. The highest BCUT2D eigenvalue weighted by molar-refractivity contribution is 5.42. The standard InChI is InChI=1S/C15H24FNO/c1-2-3-4-5-6-7-11-18-12-13-9-8-10-14(17)15(13)16/h8-10H,2-7,11-12,17H2,1H3. The molecule has 0 unspecified atom stereocenters. The van der Waals surface area contributed by atoms with Gasteiger partial charge in [-0.3, -0.25) is 0 Å². The number of halogens is 1. The molecule has 0 heterocycles. The summed E-state index contributed by atoms with van der Waals surface area (Å²) >= 11 is 0. The number of hydrogen-bond donors (Lipinski definition) is 1. The molecule has 102 valence electrons. The average molecular weight is 253 g/mol. The molecule has 3 heteroatoms. The molecule has 0 amide bonds. The van der Waals surface area contributed by atoms with Crippen LogP contribution in [0.4, 0.5) is 10.1 Å². The van der Waals surface area contributed by atoms with Gasteiger partial charge in [-0.05, 0) is 12.5 Å². The van der Waals surface area contributed by atoms with E-state index in [1.807, 2.05) is 0 Å². The molecule has 0 bridgehead atoms. The van der Waals surface area contributed by atoms with Gasteiger partial charge in [-0.2, -0.15) is 0 Å². The van der Waals surface area contributed by atoms with Gasteiger partial charge in [0.25, 0.3) is 0 Å². The summed E-state index contributed by atoms with van der Waals surface area (Å²) in [6.07, 6.45) is 7.40. The van der Waals surface area contributed by atoms with E-state index in [4.69, 9.17) is 10.5 Å². The topological polar surface area (TPSA) is 35.2 Å². The Morgan fingerprint density at radius 3 is 2.61 bits per heavy atom. The summed E-state index contributed by atoms with van der Waals surface area (Å²) < 4.78 is 19.0. The van der Waals surface area contributed by atoms with Crippen molar-refractivity contribution in [1.82, 2.24) is 0 Å². The molecule has 0 fully saturated rings. The highest BCUT2D eigenvalue weighted by Crippen LogP contribution is 2.15.